The van der Waals surface area contributed by atoms with Crippen LogP contribution in [0.5, 0.6) is 0 Å². The van der Waals surface area contributed by atoms with Gasteiger partial charge in [-0.2, -0.15) is 0 Å². The Bertz CT molecular complexity index is 550. The van der Waals surface area contributed by atoms with Crippen molar-refractivity contribution in [1.29, 1.82) is 0 Å². The molecule has 1 unspecified atom stereocenters. The average Bonchev–Trinajstić information content (AvgIpc) is 2.48. The molecular formula is C18H30O5S. The Morgan fingerprint density at radius 2 is 1.75 bits per heavy atom. The number of hydrogen-bond acceptors (Lipinski definition) is 4. The monoisotopic (exact) mass is 358 g/mol. The first kappa shape index (κ1) is 21.0. The van der Waals surface area contributed by atoms with Crippen LogP contribution >= 0.6 is 0 Å². The fourth-order valence-electron chi connectivity index (χ4n) is 3.06. The summed E-state index contributed by atoms with van der Waals surface area (Å²) in [6.45, 7) is 0. The van der Waals surface area contributed by atoms with Crippen molar-refractivity contribution in [3.05, 3.63) is 0 Å². The molecule has 0 aliphatic heterocycles. The lowest BCUT2D eigenvalue weighted by atomic mass is 9.85. The summed E-state index contributed by atoms with van der Waals surface area (Å²) in [6, 6.07) is 0. The molecule has 24 heavy (non-hydrogen) atoms. The first-order valence-electron chi connectivity index (χ1n) is 8.86. The van der Waals surface area contributed by atoms with Gasteiger partial charge in [0.2, 0.25) is 0 Å². The summed E-state index contributed by atoms with van der Waals surface area (Å²) in [4.78, 5) is 10.4. The highest BCUT2D eigenvalue weighted by Gasteiger charge is 2.27. The summed E-state index contributed by atoms with van der Waals surface area (Å²) in [5, 5.41) is 18.4. The molecule has 0 aromatic carbocycles. The third-order valence-corrected chi connectivity index (χ3v) is 6.22. The van der Waals surface area contributed by atoms with E-state index in [1.807, 2.05) is 0 Å². The number of aliphatic hydroxyl groups is 1. The van der Waals surface area contributed by atoms with Gasteiger partial charge in [-0.1, -0.05) is 37.5 Å². The van der Waals surface area contributed by atoms with E-state index in [1.165, 1.54) is 6.26 Å². The summed E-state index contributed by atoms with van der Waals surface area (Å²) >= 11 is 0. The highest BCUT2D eigenvalue weighted by Crippen LogP contribution is 2.27. The summed E-state index contributed by atoms with van der Waals surface area (Å²) in [6.07, 6.45) is 9.62. The first-order valence-corrected chi connectivity index (χ1v) is 10.8. The minimum Gasteiger partial charge on any atom is -0.481 e. The average molecular weight is 359 g/mol. The SMILES string of the molecule is CS(=O)(=O)C(CC#CC1(O)CCCCC1)CCCCCCC(=O)O. The second kappa shape index (κ2) is 10.0. The van der Waals surface area contributed by atoms with E-state index in [0.717, 1.165) is 38.5 Å². The zero-order valence-electron chi connectivity index (χ0n) is 14.6. The molecule has 138 valence electrons. The smallest absolute Gasteiger partial charge is 0.303 e. The Balaban J connectivity index is 2.42. The van der Waals surface area contributed by atoms with E-state index in [0.29, 0.717) is 25.7 Å². The molecule has 1 atom stereocenters. The number of carbonyl (C=O) groups is 1. The summed E-state index contributed by atoms with van der Waals surface area (Å²) in [5.41, 5.74) is -0.933. The maximum atomic E-state index is 11.9. The molecule has 0 saturated heterocycles. The van der Waals surface area contributed by atoms with E-state index in [2.05, 4.69) is 11.8 Å². The van der Waals surface area contributed by atoms with Gasteiger partial charge in [0, 0.05) is 19.1 Å². The molecular weight excluding hydrogens is 328 g/mol. The molecule has 1 aliphatic carbocycles. The number of sulfone groups is 1. The third-order valence-electron chi connectivity index (χ3n) is 4.60. The van der Waals surface area contributed by atoms with Crippen molar-refractivity contribution in [1.82, 2.24) is 0 Å². The van der Waals surface area contributed by atoms with E-state index in [-0.39, 0.29) is 12.8 Å². The Labute approximate surface area is 145 Å². The normalized spacial score (nSPS) is 18.4. The summed E-state index contributed by atoms with van der Waals surface area (Å²) < 4.78 is 23.8. The molecule has 6 heteroatoms. The van der Waals surface area contributed by atoms with Gasteiger partial charge in [0.05, 0.1) is 5.25 Å². The maximum Gasteiger partial charge on any atom is 0.303 e. The van der Waals surface area contributed by atoms with Gasteiger partial charge in [0.1, 0.15) is 5.60 Å². The van der Waals surface area contributed by atoms with Crippen LogP contribution in [-0.4, -0.2) is 41.7 Å². The lowest BCUT2D eigenvalue weighted by Gasteiger charge is -2.26. The van der Waals surface area contributed by atoms with Crippen LogP contribution in [0.25, 0.3) is 0 Å². The van der Waals surface area contributed by atoms with Gasteiger partial charge in [-0.05, 0) is 38.5 Å². The number of hydrogen-bond donors (Lipinski definition) is 2. The van der Waals surface area contributed by atoms with Crippen molar-refractivity contribution in [2.24, 2.45) is 0 Å². The lowest BCUT2D eigenvalue weighted by molar-refractivity contribution is -0.137. The van der Waals surface area contributed by atoms with Crippen molar-refractivity contribution >= 4 is 15.8 Å². The highest BCUT2D eigenvalue weighted by molar-refractivity contribution is 7.91. The van der Waals surface area contributed by atoms with E-state index < -0.39 is 26.7 Å². The van der Waals surface area contributed by atoms with Gasteiger partial charge in [-0.3, -0.25) is 4.79 Å². The van der Waals surface area contributed by atoms with Crippen molar-refractivity contribution < 1.29 is 23.4 Å². The van der Waals surface area contributed by atoms with Gasteiger partial charge in [-0.25, -0.2) is 8.42 Å². The third kappa shape index (κ3) is 8.70. The second-order valence-electron chi connectivity index (χ2n) is 6.90. The maximum absolute atomic E-state index is 11.9. The van der Waals surface area contributed by atoms with Gasteiger partial charge < -0.3 is 10.2 Å². The van der Waals surface area contributed by atoms with Crippen LogP contribution < -0.4 is 0 Å². The number of carboxylic acid groups (broad SMARTS) is 1. The molecule has 2 N–H and O–H groups in total. The minimum atomic E-state index is -3.17. The largest absolute Gasteiger partial charge is 0.481 e. The molecule has 1 fully saturated rings. The van der Waals surface area contributed by atoms with Crippen LogP contribution in [-0.2, 0) is 14.6 Å². The van der Waals surface area contributed by atoms with E-state index in [1.54, 1.807) is 0 Å². The fourth-order valence-corrected chi connectivity index (χ4v) is 4.04. The van der Waals surface area contributed by atoms with Crippen molar-refractivity contribution in [2.75, 3.05) is 6.26 Å². The van der Waals surface area contributed by atoms with Gasteiger partial charge >= 0.3 is 5.97 Å². The molecule has 1 rings (SSSR count). The zero-order valence-corrected chi connectivity index (χ0v) is 15.4. The van der Waals surface area contributed by atoms with Gasteiger partial charge in [0.15, 0.2) is 9.84 Å². The second-order valence-corrected chi connectivity index (χ2v) is 9.22. The van der Waals surface area contributed by atoms with Crippen molar-refractivity contribution in [3.8, 4) is 11.8 Å². The molecule has 0 bridgehead atoms. The Morgan fingerprint density at radius 1 is 1.12 bits per heavy atom. The number of aliphatic carboxylic acids is 1. The molecule has 0 aromatic heterocycles. The molecule has 5 nitrogen and oxygen atoms in total. The quantitative estimate of drug-likeness (QED) is 0.488. The lowest BCUT2D eigenvalue weighted by Crippen LogP contribution is -2.29. The molecule has 1 aliphatic rings. The molecule has 0 radical (unpaired) electrons. The number of rotatable bonds is 9. The topological polar surface area (TPSA) is 91.7 Å². The van der Waals surface area contributed by atoms with Crippen LogP contribution in [0.15, 0.2) is 0 Å². The number of carboxylic acids is 1. The minimum absolute atomic E-state index is 0.166. The molecule has 0 amide bonds. The van der Waals surface area contributed by atoms with Crippen LogP contribution in [0.2, 0.25) is 0 Å². The van der Waals surface area contributed by atoms with Crippen LogP contribution in [0.3, 0.4) is 0 Å². The van der Waals surface area contributed by atoms with E-state index in [4.69, 9.17) is 5.11 Å². The Kier molecular flexibility index (Phi) is 8.79. The first-order chi connectivity index (χ1) is 11.2. The standard InChI is InChI=1S/C18H30O5S/c1-24(22,23)16(10-5-2-3-6-12-17(19)20)11-9-15-18(21)13-7-4-8-14-18/h16,21H,2-8,10-14H2,1H3,(H,19,20). The predicted octanol–water partition coefficient (Wildman–Crippen LogP) is 2.91. The van der Waals surface area contributed by atoms with E-state index >= 15 is 0 Å². The summed E-state index contributed by atoms with van der Waals surface area (Å²) in [7, 11) is -3.17. The van der Waals surface area contributed by atoms with Crippen LogP contribution in [0, 0.1) is 11.8 Å². The molecule has 0 heterocycles. The summed E-state index contributed by atoms with van der Waals surface area (Å²) in [5.74, 6) is 5.02. The van der Waals surface area contributed by atoms with Gasteiger partial charge in [-0.15, -0.1) is 0 Å². The Morgan fingerprint density at radius 3 is 2.33 bits per heavy atom. The molecule has 0 aromatic rings. The highest BCUT2D eigenvalue weighted by atomic mass is 32.2. The van der Waals surface area contributed by atoms with E-state index in [9.17, 15) is 18.3 Å². The fraction of sp³-hybridized carbons (Fsp3) is 0.833. The van der Waals surface area contributed by atoms with Crippen LogP contribution in [0.1, 0.15) is 77.0 Å². The van der Waals surface area contributed by atoms with Crippen molar-refractivity contribution in [3.63, 3.8) is 0 Å². The predicted molar refractivity (Wildman–Crippen MR) is 94.4 cm³/mol. The number of unbranched alkanes of at least 4 members (excludes halogenated alkanes) is 3. The molecule has 0 spiro atoms. The van der Waals surface area contributed by atoms with Gasteiger partial charge in [0.25, 0.3) is 0 Å². The Hall–Kier alpha value is -1.06. The molecule has 1 saturated carbocycles. The zero-order chi connectivity index (χ0) is 18.1. The van der Waals surface area contributed by atoms with Crippen LogP contribution in [0.4, 0.5) is 0 Å². The van der Waals surface area contributed by atoms with Crippen molar-refractivity contribution in [2.45, 2.75) is 87.9 Å².